The van der Waals surface area contributed by atoms with Crippen LogP contribution in [0.1, 0.15) is 33.1 Å². The molecule has 2 N–H and O–H groups in total. The average molecular weight is 334 g/mol. The second-order valence-electron chi connectivity index (χ2n) is 5.90. The SMILES string of the molecule is CCN(CC)c1ccc(NC(=O)CN2CCCCC(O)C2=O)cn1. The van der Waals surface area contributed by atoms with Gasteiger partial charge in [0.1, 0.15) is 11.9 Å². The lowest BCUT2D eigenvalue weighted by molar-refractivity contribution is -0.141. The van der Waals surface area contributed by atoms with Crippen LogP contribution in [0, 0.1) is 0 Å². The Morgan fingerprint density at radius 3 is 2.75 bits per heavy atom. The quantitative estimate of drug-likeness (QED) is 0.817. The van der Waals surface area contributed by atoms with E-state index in [1.807, 2.05) is 6.07 Å². The molecule has 24 heavy (non-hydrogen) atoms. The van der Waals surface area contributed by atoms with Gasteiger partial charge < -0.3 is 20.2 Å². The van der Waals surface area contributed by atoms with Crippen molar-refractivity contribution in [1.29, 1.82) is 0 Å². The molecule has 7 nitrogen and oxygen atoms in total. The number of aliphatic hydroxyl groups excluding tert-OH is 1. The number of likely N-dealkylation sites (tertiary alicyclic amines) is 1. The van der Waals surface area contributed by atoms with Crippen molar-refractivity contribution in [3.05, 3.63) is 18.3 Å². The van der Waals surface area contributed by atoms with E-state index in [9.17, 15) is 14.7 Å². The van der Waals surface area contributed by atoms with Crippen molar-refractivity contribution in [3.63, 3.8) is 0 Å². The first-order chi connectivity index (χ1) is 11.5. The maximum Gasteiger partial charge on any atom is 0.251 e. The minimum atomic E-state index is -0.990. The summed E-state index contributed by atoms with van der Waals surface area (Å²) in [5.74, 6) is 0.219. The van der Waals surface area contributed by atoms with Crippen LogP contribution in [0.4, 0.5) is 11.5 Å². The first-order valence-corrected chi connectivity index (χ1v) is 8.52. The van der Waals surface area contributed by atoms with Crippen molar-refractivity contribution in [3.8, 4) is 0 Å². The molecule has 0 spiro atoms. The zero-order chi connectivity index (χ0) is 17.5. The smallest absolute Gasteiger partial charge is 0.251 e. The zero-order valence-electron chi connectivity index (χ0n) is 14.4. The van der Waals surface area contributed by atoms with Gasteiger partial charge in [-0.05, 0) is 45.2 Å². The van der Waals surface area contributed by atoms with Crippen molar-refractivity contribution in [2.75, 3.05) is 36.4 Å². The summed E-state index contributed by atoms with van der Waals surface area (Å²) in [6, 6.07) is 3.67. The standard InChI is InChI=1S/C17H26N4O3/c1-3-20(4-2)15-9-8-13(11-18-15)19-16(23)12-21-10-6-5-7-14(22)17(21)24/h8-9,11,14,22H,3-7,10,12H2,1-2H3,(H,19,23). The molecule has 0 aromatic carbocycles. The summed E-state index contributed by atoms with van der Waals surface area (Å²) in [7, 11) is 0. The lowest BCUT2D eigenvalue weighted by atomic mass is 10.2. The minimum Gasteiger partial charge on any atom is -0.383 e. The molecule has 1 unspecified atom stereocenters. The van der Waals surface area contributed by atoms with E-state index in [1.165, 1.54) is 4.90 Å². The monoisotopic (exact) mass is 334 g/mol. The molecule has 0 saturated carbocycles. The molecule has 1 atom stereocenters. The van der Waals surface area contributed by atoms with Gasteiger partial charge in [-0.15, -0.1) is 0 Å². The molecule has 0 bridgehead atoms. The molecule has 2 amide bonds. The number of carbonyl (C=O) groups is 2. The van der Waals surface area contributed by atoms with Crippen molar-refractivity contribution in [2.45, 2.75) is 39.2 Å². The van der Waals surface area contributed by atoms with E-state index < -0.39 is 6.10 Å². The number of hydrogen-bond acceptors (Lipinski definition) is 5. The van der Waals surface area contributed by atoms with Crippen molar-refractivity contribution < 1.29 is 14.7 Å². The van der Waals surface area contributed by atoms with E-state index >= 15 is 0 Å². The highest BCUT2D eigenvalue weighted by Crippen LogP contribution is 2.15. The molecule has 1 aliphatic rings. The summed E-state index contributed by atoms with van der Waals surface area (Å²) >= 11 is 0. The Hall–Kier alpha value is -2.15. The van der Waals surface area contributed by atoms with E-state index in [1.54, 1.807) is 12.3 Å². The van der Waals surface area contributed by atoms with Gasteiger partial charge in [0.25, 0.3) is 5.91 Å². The number of hydrogen-bond donors (Lipinski definition) is 2. The first kappa shape index (κ1) is 18.2. The highest BCUT2D eigenvalue weighted by molar-refractivity contribution is 5.95. The van der Waals surface area contributed by atoms with E-state index in [0.717, 1.165) is 31.7 Å². The highest BCUT2D eigenvalue weighted by Gasteiger charge is 2.26. The Kier molecular flexibility index (Phi) is 6.54. The molecule has 1 saturated heterocycles. The van der Waals surface area contributed by atoms with Crippen molar-refractivity contribution in [2.24, 2.45) is 0 Å². The normalized spacial score (nSPS) is 18.2. The number of nitrogens with one attached hydrogen (secondary N) is 1. The number of aliphatic hydroxyl groups is 1. The maximum atomic E-state index is 12.2. The lowest BCUT2D eigenvalue weighted by Crippen LogP contribution is -2.42. The van der Waals surface area contributed by atoms with E-state index in [0.29, 0.717) is 18.7 Å². The van der Waals surface area contributed by atoms with Gasteiger partial charge in [0.2, 0.25) is 5.91 Å². The van der Waals surface area contributed by atoms with Gasteiger partial charge in [-0.3, -0.25) is 9.59 Å². The molecule has 0 radical (unpaired) electrons. The maximum absolute atomic E-state index is 12.2. The number of anilines is 2. The molecule has 1 aromatic heterocycles. The van der Waals surface area contributed by atoms with Crippen LogP contribution in [0.5, 0.6) is 0 Å². The summed E-state index contributed by atoms with van der Waals surface area (Å²) < 4.78 is 0. The van der Waals surface area contributed by atoms with Gasteiger partial charge in [-0.2, -0.15) is 0 Å². The second kappa shape index (κ2) is 8.63. The summed E-state index contributed by atoms with van der Waals surface area (Å²) in [4.78, 5) is 32.0. The number of pyridine rings is 1. The zero-order valence-corrected chi connectivity index (χ0v) is 14.4. The van der Waals surface area contributed by atoms with Crippen LogP contribution in [0.2, 0.25) is 0 Å². The number of carbonyl (C=O) groups excluding carboxylic acids is 2. The summed E-state index contributed by atoms with van der Waals surface area (Å²) in [5.41, 5.74) is 0.596. The number of aromatic nitrogens is 1. The number of amides is 2. The van der Waals surface area contributed by atoms with Crippen molar-refractivity contribution >= 4 is 23.3 Å². The minimum absolute atomic E-state index is 0.0479. The molecule has 1 aliphatic heterocycles. The Morgan fingerprint density at radius 1 is 1.38 bits per heavy atom. The predicted molar refractivity (Wildman–Crippen MR) is 92.9 cm³/mol. The molecule has 2 heterocycles. The Bertz CT molecular complexity index is 557. The molecule has 1 fully saturated rings. The molecule has 2 rings (SSSR count). The van der Waals surface area contributed by atoms with Crippen LogP contribution in [0.25, 0.3) is 0 Å². The molecule has 7 heteroatoms. The molecular formula is C17H26N4O3. The van der Waals surface area contributed by atoms with Crippen LogP contribution in [0.3, 0.4) is 0 Å². The van der Waals surface area contributed by atoms with Gasteiger partial charge in [0.15, 0.2) is 0 Å². The highest BCUT2D eigenvalue weighted by atomic mass is 16.3. The predicted octanol–water partition coefficient (Wildman–Crippen LogP) is 1.24. The lowest BCUT2D eigenvalue weighted by Gasteiger charge is -2.22. The average Bonchev–Trinajstić information content (AvgIpc) is 2.73. The van der Waals surface area contributed by atoms with Crippen LogP contribution in [-0.4, -0.2) is 59.1 Å². The summed E-state index contributed by atoms with van der Waals surface area (Å²) in [6.07, 6.45) is 2.69. The van der Waals surface area contributed by atoms with E-state index in [2.05, 4.69) is 29.0 Å². The van der Waals surface area contributed by atoms with Crippen molar-refractivity contribution in [1.82, 2.24) is 9.88 Å². The van der Waals surface area contributed by atoms with Crippen LogP contribution >= 0.6 is 0 Å². The first-order valence-electron chi connectivity index (χ1n) is 8.52. The molecule has 0 aliphatic carbocycles. The topological polar surface area (TPSA) is 85.8 Å². The molecule has 132 valence electrons. The number of rotatable bonds is 6. The van der Waals surface area contributed by atoms with Crippen LogP contribution in [-0.2, 0) is 9.59 Å². The van der Waals surface area contributed by atoms with Gasteiger partial charge in [0.05, 0.1) is 18.4 Å². The Balaban J connectivity index is 1.93. The van der Waals surface area contributed by atoms with Gasteiger partial charge in [-0.1, -0.05) is 0 Å². The van der Waals surface area contributed by atoms with E-state index in [-0.39, 0.29) is 18.4 Å². The Morgan fingerprint density at radius 2 is 2.12 bits per heavy atom. The van der Waals surface area contributed by atoms with E-state index in [4.69, 9.17) is 0 Å². The third-order valence-corrected chi connectivity index (χ3v) is 4.21. The second-order valence-corrected chi connectivity index (χ2v) is 5.90. The van der Waals surface area contributed by atoms with Gasteiger partial charge in [0, 0.05) is 19.6 Å². The molecule has 1 aromatic rings. The Labute approximate surface area is 142 Å². The fraction of sp³-hybridized carbons (Fsp3) is 0.588. The van der Waals surface area contributed by atoms with Gasteiger partial charge in [-0.25, -0.2) is 4.98 Å². The summed E-state index contributed by atoms with van der Waals surface area (Å²) in [6.45, 7) is 6.32. The summed E-state index contributed by atoms with van der Waals surface area (Å²) in [5, 5.41) is 12.5. The third kappa shape index (κ3) is 4.67. The number of nitrogens with zero attached hydrogens (tertiary/aromatic N) is 3. The fourth-order valence-corrected chi connectivity index (χ4v) is 2.81. The van der Waals surface area contributed by atoms with Crippen LogP contribution < -0.4 is 10.2 Å². The third-order valence-electron chi connectivity index (χ3n) is 4.21. The largest absolute Gasteiger partial charge is 0.383 e. The van der Waals surface area contributed by atoms with Crippen LogP contribution in [0.15, 0.2) is 18.3 Å². The fourth-order valence-electron chi connectivity index (χ4n) is 2.81. The van der Waals surface area contributed by atoms with Gasteiger partial charge >= 0.3 is 0 Å². The molecular weight excluding hydrogens is 308 g/mol.